The van der Waals surface area contributed by atoms with Crippen LogP contribution < -0.4 is 5.32 Å². The number of nitrogens with zero attached hydrogens (tertiary/aromatic N) is 2. The molecule has 2 aromatic rings. The number of hydrogen-bond acceptors (Lipinski definition) is 4. The van der Waals surface area contributed by atoms with Gasteiger partial charge in [0.05, 0.1) is 0 Å². The number of nitrogens with one attached hydrogen (secondary N) is 1. The summed E-state index contributed by atoms with van der Waals surface area (Å²) in [6.07, 6.45) is 1.73. The number of carbonyl (C=O) groups is 2. The standard InChI is InChI=1S/C22H27Cl2N3O2/c23-9-15-26(16-10-24)13-3-11-25-12-4-14-27-21(28)18-7-1-5-17-6-2-8-19(20(17)18)22(27)29/h1-2,5-8,25H,3-4,9-16H2. The van der Waals surface area contributed by atoms with Gasteiger partial charge in [-0.05, 0) is 50.0 Å². The van der Waals surface area contributed by atoms with Crippen molar-refractivity contribution in [3.63, 3.8) is 0 Å². The van der Waals surface area contributed by atoms with Crippen LogP contribution in [-0.4, -0.2) is 72.6 Å². The molecule has 0 atom stereocenters. The molecule has 7 heteroatoms. The van der Waals surface area contributed by atoms with E-state index >= 15 is 0 Å². The summed E-state index contributed by atoms with van der Waals surface area (Å²) in [4.78, 5) is 29.3. The van der Waals surface area contributed by atoms with E-state index in [0.717, 1.165) is 56.3 Å². The largest absolute Gasteiger partial charge is 0.317 e. The molecule has 0 saturated heterocycles. The first-order valence-corrected chi connectivity index (χ1v) is 11.2. The summed E-state index contributed by atoms with van der Waals surface area (Å²) in [7, 11) is 0. The molecule has 1 N–H and O–H groups in total. The maximum absolute atomic E-state index is 12.8. The number of benzene rings is 2. The van der Waals surface area contributed by atoms with E-state index in [4.69, 9.17) is 23.2 Å². The lowest BCUT2D eigenvalue weighted by Crippen LogP contribution is -2.41. The molecule has 0 saturated carbocycles. The zero-order valence-corrected chi connectivity index (χ0v) is 18.0. The smallest absolute Gasteiger partial charge is 0.261 e. The number of amides is 2. The molecule has 1 heterocycles. The van der Waals surface area contributed by atoms with Crippen molar-refractivity contribution >= 4 is 45.8 Å². The lowest BCUT2D eigenvalue weighted by Gasteiger charge is -2.27. The molecule has 2 amide bonds. The van der Waals surface area contributed by atoms with Gasteiger partial charge < -0.3 is 10.2 Å². The van der Waals surface area contributed by atoms with Gasteiger partial charge in [0.2, 0.25) is 0 Å². The summed E-state index contributed by atoms with van der Waals surface area (Å²) in [5.41, 5.74) is 1.23. The van der Waals surface area contributed by atoms with Crippen LogP contribution in [-0.2, 0) is 0 Å². The van der Waals surface area contributed by atoms with Crippen LogP contribution in [0.5, 0.6) is 0 Å². The third kappa shape index (κ3) is 5.28. The third-order valence-electron chi connectivity index (χ3n) is 5.22. The van der Waals surface area contributed by atoms with E-state index in [1.165, 1.54) is 4.90 Å². The van der Waals surface area contributed by atoms with Crippen molar-refractivity contribution in [1.29, 1.82) is 0 Å². The molecule has 0 fully saturated rings. The fourth-order valence-electron chi connectivity index (χ4n) is 3.77. The molecule has 0 bridgehead atoms. The van der Waals surface area contributed by atoms with E-state index in [1.54, 1.807) is 12.1 Å². The highest BCUT2D eigenvalue weighted by molar-refractivity contribution is 6.25. The zero-order chi connectivity index (χ0) is 20.6. The lowest BCUT2D eigenvalue weighted by atomic mass is 9.94. The summed E-state index contributed by atoms with van der Waals surface area (Å²) in [6.45, 7) is 4.71. The minimum Gasteiger partial charge on any atom is -0.317 e. The molecule has 0 spiro atoms. The Morgan fingerprint density at radius 2 is 1.41 bits per heavy atom. The van der Waals surface area contributed by atoms with Crippen LogP contribution in [0.2, 0.25) is 0 Å². The Hall–Kier alpha value is -1.66. The normalized spacial score (nSPS) is 13.7. The first-order chi connectivity index (χ1) is 14.2. The second kappa shape index (κ2) is 10.9. The summed E-state index contributed by atoms with van der Waals surface area (Å²) < 4.78 is 0. The minimum absolute atomic E-state index is 0.197. The van der Waals surface area contributed by atoms with Crippen molar-refractivity contribution in [1.82, 2.24) is 15.1 Å². The number of rotatable bonds is 12. The number of carbonyl (C=O) groups excluding carboxylic acids is 2. The third-order valence-corrected chi connectivity index (χ3v) is 5.56. The molecular formula is C22H27Cl2N3O2. The quantitative estimate of drug-likeness (QED) is 0.314. The van der Waals surface area contributed by atoms with Crippen molar-refractivity contribution in [3.05, 3.63) is 47.5 Å². The molecule has 2 aromatic carbocycles. The van der Waals surface area contributed by atoms with Gasteiger partial charge in [-0.15, -0.1) is 23.2 Å². The molecular weight excluding hydrogens is 409 g/mol. The molecule has 0 unspecified atom stereocenters. The van der Waals surface area contributed by atoms with E-state index in [1.807, 2.05) is 24.3 Å². The second-order valence-corrected chi connectivity index (χ2v) is 7.90. The van der Waals surface area contributed by atoms with E-state index < -0.39 is 0 Å². The van der Waals surface area contributed by atoms with Gasteiger partial charge in [0.1, 0.15) is 0 Å². The first kappa shape index (κ1) is 22.0. The Labute approximate surface area is 181 Å². The van der Waals surface area contributed by atoms with Gasteiger partial charge in [-0.3, -0.25) is 14.5 Å². The van der Waals surface area contributed by atoms with E-state index in [9.17, 15) is 9.59 Å². The van der Waals surface area contributed by atoms with Crippen LogP contribution in [0, 0.1) is 0 Å². The zero-order valence-electron chi connectivity index (χ0n) is 16.5. The molecule has 1 aliphatic heterocycles. The lowest BCUT2D eigenvalue weighted by molar-refractivity contribution is 0.0609. The molecule has 0 radical (unpaired) electrons. The van der Waals surface area contributed by atoms with Gasteiger partial charge in [-0.25, -0.2) is 0 Å². The van der Waals surface area contributed by atoms with Crippen molar-refractivity contribution < 1.29 is 9.59 Å². The van der Waals surface area contributed by atoms with Crippen LogP contribution in [0.3, 0.4) is 0 Å². The van der Waals surface area contributed by atoms with Crippen molar-refractivity contribution in [2.24, 2.45) is 0 Å². The summed E-state index contributed by atoms with van der Waals surface area (Å²) in [5.74, 6) is 0.826. The molecule has 3 rings (SSSR count). The fourth-order valence-corrected chi connectivity index (χ4v) is 4.25. The van der Waals surface area contributed by atoms with E-state index in [2.05, 4.69) is 10.2 Å². The number of imide groups is 1. The maximum atomic E-state index is 12.8. The monoisotopic (exact) mass is 435 g/mol. The highest BCUT2D eigenvalue weighted by Gasteiger charge is 2.31. The summed E-state index contributed by atoms with van der Waals surface area (Å²) in [6, 6.07) is 11.2. The Balaban J connectivity index is 1.46. The molecule has 0 aromatic heterocycles. The Morgan fingerprint density at radius 1 is 0.828 bits per heavy atom. The van der Waals surface area contributed by atoms with Crippen LogP contribution in [0.4, 0.5) is 0 Å². The highest BCUT2D eigenvalue weighted by Crippen LogP contribution is 2.29. The Bertz CT molecular complexity index is 802. The van der Waals surface area contributed by atoms with Gasteiger partial charge in [-0.1, -0.05) is 24.3 Å². The number of hydrogen-bond donors (Lipinski definition) is 1. The Morgan fingerprint density at radius 3 is 2.00 bits per heavy atom. The van der Waals surface area contributed by atoms with Gasteiger partial charge in [0.15, 0.2) is 0 Å². The van der Waals surface area contributed by atoms with E-state index in [-0.39, 0.29) is 11.8 Å². The SMILES string of the molecule is O=C1c2cccc3cccc(c23)C(=O)N1CCCNCCCN(CCCl)CCCl. The molecule has 5 nitrogen and oxygen atoms in total. The van der Waals surface area contributed by atoms with Crippen molar-refractivity contribution in [3.8, 4) is 0 Å². The van der Waals surface area contributed by atoms with Crippen LogP contribution in [0.25, 0.3) is 10.8 Å². The molecule has 1 aliphatic rings. The first-order valence-electron chi connectivity index (χ1n) is 10.1. The number of alkyl halides is 2. The molecule has 29 heavy (non-hydrogen) atoms. The average Bonchev–Trinajstić information content (AvgIpc) is 2.73. The molecule has 0 aliphatic carbocycles. The number of halogens is 2. The minimum atomic E-state index is -0.197. The Kier molecular flexibility index (Phi) is 8.30. The van der Waals surface area contributed by atoms with Crippen molar-refractivity contribution in [2.75, 3.05) is 51.0 Å². The predicted octanol–water partition coefficient (Wildman–Crippen LogP) is 3.59. The maximum Gasteiger partial charge on any atom is 0.261 e. The van der Waals surface area contributed by atoms with Crippen LogP contribution in [0.15, 0.2) is 36.4 Å². The predicted molar refractivity (Wildman–Crippen MR) is 119 cm³/mol. The topological polar surface area (TPSA) is 52.7 Å². The summed E-state index contributed by atoms with van der Waals surface area (Å²) in [5, 5.41) is 5.10. The van der Waals surface area contributed by atoms with Gasteiger partial charge >= 0.3 is 0 Å². The van der Waals surface area contributed by atoms with Crippen LogP contribution in [0.1, 0.15) is 33.6 Å². The van der Waals surface area contributed by atoms with E-state index in [0.29, 0.717) is 29.4 Å². The van der Waals surface area contributed by atoms with Gasteiger partial charge in [-0.2, -0.15) is 0 Å². The fraction of sp³-hybridized carbons (Fsp3) is 0.455. The average molecular weight is 436 g/mol. The molecule has 156 valence electrons. The van der Waals surface area contributed by atoms with Crippen LogP contribution >= 0.6 is 23.2 Å². The van der Waals surface area contributed by atoms with Gasteiger partial charge in [0.25, 0.3) is 11.8 Å². The second-order valence-electron chi connectivity index (χ2n) is 7.15. The van der Waals surface area contributed by atoms with Crippen molar-refractivity contribution in [2.45, 2.75) is 12.8 Å². The van der Waals surface area contributed by atoms with Gasteiger partial charge in [0, 0.05) is 47.9 Å². The highest BCUT2D eigenvalue weighted by atomic mass is 35.5. The summed E-state index contributed by atoms with van der Waals surface area (Å²) >= 11 is 11.6.